The number of rotatable bonds is 3. The minimum Gasteiger partial charge on any atom is -0.322 e. The van der Waals surface area contributed by atoms with Gasteiger partial charge in [-0.05, 0) is 43.7 Å². The highest BCUT2D eigenvalue weighted by Crippen LogP contribution is 2.32. The number of imide groups is 1. The Morgan fingerprint density at radius 3 is 2.12 bits per heavy atom. The predicted octanol–water partition coefficient (Wildman–Crippen LogP) is 4.06. The number of amides is 3. The minimum absolute atomic E-state index is 0.0323. The standard InChI is InChI=1S/C18H13Cl2FN2O3/c1-8-3-4-15(14(21)5-8)22-16(24)9(2)23-17(25)10-6-12(19)13(20)7-11(10)18(23)26/h3-7,9H,1-2H3,(H,22,24). The molecule has 8 heteroatoms. The first-order valence-electron chi connectivity index (χ1n) is 7.64. The lowest BCUT2D eigenvalue weighted by Gasteiger charge is -2.21. The number of nitrogens with one attached hydrogen (secondary N) is 1. The van der Waals surface area contributed by atoms with Gasteiger partial charge in [0, 0.05) is 0 Å². The van der Waals surface area contributed by atoms with Crippen molar-refractivity contribution in [2.75, 3.05) is 5.32 Å². The van der Waals surface area contributed by atoms with Crippen molar-refractivity contribution < 1.29 is 18.8 Å². The number of benzene rings is 2. The van der Waals surface area contributed by atoms with Gasteiger partial charge in [-0.2, -0.15) is 0 Å². The molecule has 1 N–H and O–H groups in total. The summed E-state index contributed by atoms with van der Waals surface area (Å²) in [6, 6.07) is 5.76. The van der Waals surface area contributed by atoms with Crippen LogP contribution in [0.3, 0.4) is 0 Å². The normalized spacial score (nSPS) is 14.4. The van der Waals surface area contributed by atoms with Gasteiger partial charge in [0.05, 0.1) is 26.9 Å². The van der Waals surface area contributed by atoms with Crippen LogP contribution in [0.25, 0.3) is 0 Å². The highest BCUT2D eigenvalue weighted by molar-refractivity contribution is 6.43. The third kappa shape index (κ3) is 3.06. The molecule has 2 aromatic carbocycles. The van der Waals surface area contributed by atoms with E-state index in [9.17, 15) is 18.8 Å². The Hall–Kier alpha value is -2.44. The summed E-state index contributed by atoms with van der Waals surface area (Å²) in [6.45, 7) is 3.10. The molecule has 2 aromatic rings. The monoisotopic (exact) mass is 394 g/mol. The molecular weight excluding hydrogens is 382 g/mol. The molecule has 0 saturated heterocycles. The molecule has 5 nitrogen and oxygen atoms in total. The lowest BCUT2D eigenvalue weighted by molar-refractivity contribution is -0.119. The molecule has 134 valence electrons. The van der Waals surface area contributed by atoms with Crippen molar-refractivity contribution in [2.24, 2.45) is 0 Å². The first-order valence-corrected chi connectivity index (χ1v) is 8.40. The second kappa shape index (κ2) is 6.70. The number of hydrogen-bond donors (Lipinski definition) is 1. The van der Waals surface area contributed by atoms with E-state index in [4.69, 9.17) is 23.2 Å². The van der Waals surface area contributed by atoms with Gasteiger partial charge in [0.25, 0.3) is 11.8 Å². The molecule has 0 bridgehead atoms. The lowest BCUT2D eigenvalue weighted by atomic mass is 10.1. The molecule has 1 aliphatic rings. The molecule has 0 radical (unpaired) electrons. The first-order chi connectivity index (χ1) is 12.2. The average molecular weight is 395 g/mol. The maximum atomic E-state index is 13.9. The first kappa shape index (κ1) is 18.4. The third-order valence-electron chi connectivity index (χ3n) is 4.11. The molecule has 26 heavy (non-hydrogen) atoms. The van der Waals surface area contributed by atoms with Crippen molar-refractivity contribution in [2.45, 2.75) is 19.9 Å². The van der Waals surface area contributed by atoms with E-state index in [1.54, 1.807) is 13.0 Å². The maximum Gasteiger partial charge on any atom is 0.262 e. The highest BCUT2D eigenvalue weighted by Gasteiger charge is 2.41. The molecule has 1 unspecified atom stereocenters. The molecule has 0 fully saturated rings. The second-order valence-corrected chi connectivity index (χ2v) is 6.76. The summed E-state index contributed by atoms with van der Waals surface area (Å²) >= 11 is 11.8. The summed E-state index contributed by atoms with van der Waals surface area (Å²) in [6.07, 6.45) is 0. The summed E-state index contributed by atoms with van der Waals surface area (Å²) < 4.78 is 13.9. The van der Waals surface area contributed by atoms with Crippen LogP contribution in [0, 0.1) is 12.7 Å². The third-order valence-corrected chi connectivity index (χ3v) is 4.83. The van der Waals surface area contributed by atoms with E-state index in [-0.39, 0.29) is 26.9 Å². The van der Waals surface area contributed by atoms with Crippen molar-refractivity contribution >= 4 is 46.6 Å². The largest absolute Gasteiger partial charge is 0.322 e. The van der Waals surface area contributed by atoms with E-state index < -0.39 is 29.6 Å². The molecule has 1 heterocycles. The van der Waals surface area contributed by atoms with Gasteiger partial charge in [-0.1, -0.05) is 29.3 Å². The van der Waals surface area contributed by atoms with Crippen LogP contribution in [0.2, 0.25) is 10.0 Å². The number of aryl methyl sites for hydroxylation is 1. The number of carbonyl (C=O) groups excluding carboxylic acids is 3. The zero-order valence-corrected chi connectivity index (χ0v) is 15.3. The fraction of sp³-hybridized carbons (Fsp3) is 0.167. The Kier molecular flexibility index (Phi) is 4.73. The highest BCUT2D eigenvalue weighted by atomic mass is 35.5. The van der Waals surface area contributed by atoms with Crippen molar-refractivity contribution in [1.29, 1.82) is 0 Å². The van der Waals surface area contributed by atoms with Crippen LogP contribution >= 0.6 is 23.2 Å². The molecule has 3 amide bonds. The lowest BCUT2D eigenvalue weighted by Crippen LogP contribution is -2.45. The molecular formula is C18H13Cl2FN2O3. The van der Waals surface area contributed by atoms with Crippen LogP contribution in [-0.2, 0) is 4.79 Å². The number of halogens is 3. The van der Waals surface area contributed by atoms with E-state index in [1.807, 2.05) is 0 Å². The van der Waals surface area contributed by atoms with Crippen LogP contribution < -0.4 is 5.32 Å². The van der Waals surface area contributed by atoms with Gasteiger partial charge >= 0.3 is 0 Å². The Morgan fingerprint density at radius 1 is 1.08 bits per heavy atom. The number of anilines is 1. The van der Waals surface area contributed by atoms with Crippen LogP contribution in [0.15, 0.2) is 30.3 Å². The number of carbonyl (C=O) groups is 3. The SMILES string of the molecule is Cc1ccc(NC(=O)C(C)N2C(=O)c3cc(Cl)c(Cl)cc3C2=O)c(F)c1. The van der Waals surface area contributed by atoms with Crippen molar-refractivity contribution in [3.63, 3.8) is 0 Å². The summed E-state index contributed by atoms with van der Waals surface area (Å²) in [4.78, 5) is 38.3. The number of fused-ring (bicyclic) bond motifs is 1. The molecule has 3 rings (SSSR count). The van der Waals surface area contributed by atoms with Gasteiger partial charge in [-0.25, -0.2) is 4.39 Å². The van der Waals surface area contributed by atoms with Crippen molar-refractivity contribution in [1.82, 2.24) is 4.90 Å². The van der Waals surface area contributed by atoms with E-state index >= 15 is 0 Å². The fourth-order valence-corrected chi connectivity index (χ4v) is 3.01. The quantitative estimate of drug-likeness (QED) is 0.797. The summed E-state index contributed by atoms with van der Waals surface area (Å²) in [5, 5.41) is 2.66. The van der Waals surface area contributed by atoms with Crippen LogP contribution in [-0.4, -0.2) is 28.7 Å². The van der Waals surface area contributed by atoms with E-state index in [1.165, 1.54) is 31.2 Å². The average Bonchev–Trinajstić information content (AvgIpc) is 2.81. The van der Waals surface area contributed by atoms with E-state index in [2.05, 4.69) is 5.32 Å². The van der Waals surface area contributed by atoms with E-state index in [0.717, 1.165) is 4.90 Å². The van der Waals surface area contributed by atoms with Crippen LogP contribution in [0.4, 0.5) is 10.1 Å². The summed E-state index contributed by atoms with van der Waals surface area (Å²) in [5.41, 5.74) is 0.814. The van der Waals surface area contributed by atoms with E-state index in [0.29, 0.717) is 5.56 Å². The fourth-order valence-electron chi connectivity index (χ4n) is 2.68. The Bertz CT molecular complexity index is 921. The second-order valence-electron chi connectivity index (χ2n) is 5.94. The topological polar surface area (TPSA) is 66.5 Å². The molecule has 1 atom stereocenters. The number of hydrogen-bond acceptors (Lipinski definition) is 3. The minimum atomic E-state index is -1.15. The maximum absolute atomic E-state index is 13.9. The smallest absolute Gasteiger partial charge is 0.262 e. The van der Waals surface area contributed by atoms with Crippen LogP contribution in [0.1, 0.15) is 33.2 Å². The Labute approximate surface area is 158 Å². The van der Waals surface area contributed by atoms with Gasteiger partial charge < -0.3 is 5.32 Å². The Balaban J connectivity index is 1.86. The van der Waals surface area contributed by atoms with Crippen molar-refractivity contribution in [3.05, 3.63) is 62.9 Å². The summed E-state index contributed by atoms with van der Waals surface area (Å²) in [5.74, 6) is -2.61. The Morgan fingerprint density at radius 2 is 1.62 bits per heavy atom. The molecule has 0 aliphatic carbocycles. The predicted molar refractivity (Wildman–Crippen MR) is 96.2 cm³/mol. The molecule has 1 aliphatic heterocycles. The molecule has 0 saturated carbocycles. The van der Waals surface area contributed by atoms with Gasteiger partial charge in [0.15, 0.2) is 0 Å². The van der Waals surface area contributed by atoms with Gasteiger partial charge in [0.1, 0.15) is 11.9 Å². The molecule has 0 spiro atoms. The van der Waals surface area contributed by atoms with Gasteiger partial charge in [0.2, 0.25) is 5.91 Å². The summed E-state index contributed by atoms with van der Waals surface area (Å²) in [7, 11) is 0. The zero-order valence-electron chi connectivity index (χ0n) is 13.8. The zero-order chi connectivity index (χ0) is 19.2. The van der Waals surface area contributed by atoms with Crippen LogP contribution in [0.5, 0.6) is 0 Å². The van der Waals surface area contributed by atoms with Gasteiger partial charge in [-0.3, -0.25) is 19.3 Å². The van der Waals surface area contributed by atoms with Crippen molar-refractivity contribution in [3.8, 4) is 0 Å². The number of nitrogens with zero attached hydrogens (tertiary/aromatic N) is 1. The molecule has 0 aromatic heterocycles. The van der Waals surface area contributed by atoms with Gasteiger partial charge in [-0.15, -0.1) is 0 Å².